The number of nitrogens with zero attached hydrogens (tertiary/aromatic N) is 2. The average molecular weight is 284 g/mol. The van der Waals surface area contributed by atoms with Crippen LogP contribution in [-0.4, -0.2) is 15.9 Å². The van der Waals surface area contributed by atoms with E-state index in [4.69, 9.17) is 4.74 Å². The molecule has 20 heavy (non-hydrogen) atoms. The molecule has 0 saturated carbocycles. The summed E-state index contributed by atoms with van der Waals surface area (Å²) >= 11 is 1.55. The predicted molar refractivity (Wildman–Crippen MR) is 78.3 cm³/mol. The van der Waals surface area contributed by atoms with Gasteiger partial charge in [-0.25, -0.2) is 9.97 Å². The standard InChI is InChI=1S/C15H12N2O2S/c1-10(18)19-9-11-7-13-15(16-8-11)20-14(17-13)12-5-3-2-4-6-12/h2-8H,9H2,1H3. The highest BCUT2D eigenvalue weighted by atomic mass is 32.1. The van der Waals surface area contributed by atoms with Crippen molar-refractivity contribution in [3.8, 4) is 10.6 Å². The fraction of sp³-hybridized carbons (Fsp3) is 0.133. The maximum absolute atomic E-state index is 10.8. The highest BCUT2D eigenvalue weighted by molar-refractivity contribution is 7.21. The summed E-state index contributed by atoms with van der Waals surface area (Å²) in [6.07, 6.45) is 1.72. The van der Waals surface area contributed by atoms with E-state index < -0.39 is 0 Å². The summed E-state index contributed by atoms with van der Waals surface area (Å²) in [4.78, 5) is 20.7. The summed E-state index contributed by atoms with van der Waals surface area (Å²) in [5.74, 6) is -0.298. The van der Waals surface area contributed by atoms with Crippen LogP contribution < -0.4 is 0 Å². The van der Waals surface area contributed by atoms with Crippen molar-refractivity contribution in [1.82, 2.24) is 9.97 Å². The highest BCUT2D eigenvalue weighted by Gasteiger charge is 2.08. The zero-order valence-electron chi connectivity index (χ0n) is 10.9. The third-order valence-electron chi connectivity index (χ3n) is 2.77. The molecule has 3 rings (SSSR count). The van der Waals surface area contributed by atoms with Crippen molar-refractivity contribution in [3.05, 3.63) is 48.2 Å². The number of aromatic nitrogens is 2. The molecule has 0 amide bonds. The monoisotopic (exact) mass is 284 g/mol. The van der Waals surface area contributed by atoms with Crippen molar-refractivity contribution in [2.45, 2.75) is 13.5 Å². The fourth-order valence-electron chi connectivity index (χ4n) is 1.83. The second-order valence-electron chi connectivity index (χ2n) is 4.33. The van der Waals surface area contributed by atoms with E-state index in [1.165, 1.54) is 6.92 Å². The van der Waals surface area contributed by atoms with Crippen LogP contribution in [0.25, 0.3) is 20.9 Å². The number of esters is 1. The number of ether oxygens (including phenoxy) is 1. The van der Waals surface area contributed by atoms with Gasteiger partial charge < -0.3 is 4.74 Å². The Hall–Kier alpha value is -2.27. The quantitative estimate of drug-likeness (QED) is 0.691. The molecule has 0 radical (unpaired) electrons. The van der Waals surface area contributed by atoms with E-state index >= 15 is 0 Å². The summed E-state index contributed by atoms with van der Waals surface area (Å²) in [6.45, 7) is 1.62. The lowest BCUT2D eigenvalue weighted by Gasteiger charge is -2.00. The Labute approximate surface area is 120 Å². The molecule has 2 aromatic heterocycles. The van der Waals surface area contributed by atoms with E-state index in [9.17, 15) is 4.79 Å². The maximum Gasteiger partial charge on any atom is 0.302 e. The smallest absolute Gasteiger partial charge is 0.302 e. The van der Waals surface area contributed by atoms with Crippen LogP contribution in [0.2, 0.25) is 0 Å². The van der Waals surface area contributed by atoms with Gasteiger partial charge in [-0.3, -0.25) is 4.79 Å². The Morgan fingerprint density at radius 2 is 2.10 bits per heavy atom. The van der Waals surface area contributed by atoms with Gasteiger partial charge in [-0.05, 0) is 6.07 Å². The first-order valence-electron chi connectivity index (χ1n) is 6.16. The lowest BCUT2D eigenvalue weighted by atomic mass is 10.2. The number of hydrogen-bond donors (Lipinski definition) is 0. The molecular formula is C15H12N2O2S. The van der Waals surface area contributed by atoms with Crippen LogP contribution in [0.3, 0.4) is 0 Å². The molecule has 0 unspecified atom stereocenters. The highest BCUT2D eigenvalue weighted by Crippen LogP contribution is 2.29. The molecule has 0 spiro atoms. The predicted octanol–water partition coefficient (Wildman–Crippen LogP) is 3.42. The van der Waals surface area contributed by atoms with Crippen LogP contribution in [-0.2, 0) is 16.1 Å². The summed E-state index contributed by atoms with van der Waals surface area (Å²) in [6, 6.07) is 11.9. The molecule has 0 aliphatic heterocycles. The van der Waals surface area contributed by atoms with Gasteiger partial charge in [-0.2, -0.15) is 0 Å². The molecule has 100 valence electrons. The van der Waals surface area contributed by atoms with Crippen LogP contribution in [0.15, 0.2) is 42.6 Å². The van der Waals surface area contributed by atoms with Crippen LogP contribution in [0.5, 0.6) is 0 Å². The molecule has 0 aliphatic carbocycles. The van der Waals surface area contributed by atoms with Gasteiger partial charge in [0.25, 0.3) is 0 Å². The van der Waals surface area contributed by atoms with E-state index in [0.717, 1.165) is 26.5 Å². The number of carbonyl (C=O) groups is 1. The Morgan fingerprint density at radius 3 is 2.85 bits per heavy atom. The minimum Gasteiger partial charge on any atom is -0.461 e. The number of hydrogen-bond acceptors (Lipinski definition) is 5. The maximum atomic E-state index is 10.8. The lowest BCUT2D eigenvalue weighted by molar-refractivity contribution is -0.142. The zero-order valence-corrected chi connectivity index (χ0v) is 11.7. The molecular weight excluding hydrogens is 272 g/mol. The molecule has 1 aromatic carbocycles. The molecule has 0 aliphatic rings. The van der Waals surface area contributed by atoms with Gasteiger partial charge in [-0.1, -0.05) is 41.7 Å². The van der Waals surface area contributed by atoms with E-state index in [1.54, 1.807) is 17.5 Å². The molecule has 0 atom stereocenters. The molecule has 0 bridgehead atoms. The third-order valence-corrected chi connectivity index (χ3v) is 3.80. The number of benzene rings is 1. The van der Waals surface area contributed by atoms with Crippen molar-refractivity contribution in [2.24, 2.45) is 0 Å². The van der Waals surface area contributed by atoms with Gasteiger partial charge in [0.05, 0.1) is 0 Å². The van der Waals surface area contributed by atoms with E-state index in [0.29, 0.717) is 0 Å². The molecule has 4 nitrogen and oxygen atoms in total. The van der Waals surface area contributed by atoms with Gasteiger partial charge >= 0.3 is 5.97 Å². The first-order valence-corrected chi connectivity index (χ1v) is 6.98. The van der Waals surface area contributed by atoms with Gasteiger partial charge in [0.2, 0.25) is 0 Å². The van der Waals surface area contributed by atoms with Crippen molar-refractivity contribution in [2.75, 3.05) is 0 Å². The van der Waals surface area contributed by atoms with Crippen molar-refractivity contribution in [3.63, 3.8) is 0 Å². The zero-order chi connectivity index (χ0) is 13.9. The lowest BCUT2D eigenvalue weighted by Crippen LogP contribution is -1.98. The SMILES string of the molecule is CC(=O)OCc1cnc2sc(-c3ccccc3)nc2c1. The average Bonchev–Trinajstić information content (AvgIpc) is 2.89. The Kier molecular flexibility index (Phi) is 3.43. The molecule has 2 heterocycles. The Morgan fingerprint density at radius 1 is 1.30 bits per heavy atom. The summed E-state index contributed by atoms with van der Waals surface area (Å²) in [5, 5.41) is 0.942. The van der Waals surface area contributed by atoms with Crippen molar-refractivity contribution in [1.29, 1.82) is 0 Å². The summed E-state index contributed by atoms with van der Waals surface area (Å²) in [5.41, 5.74) is 2.76. The third kappa shape index (κ3) is 2.67. The normalized spacial score (nSPS) is 10.7. The molecule has 0 fully saturated rings. The molecule has 5 heteroatoms. The summed E-state index contributed by atoms with van der Waals surface area (Å²) < 4.78 is 4.96. The molecule has 0 N–H and O–H groups in total. The Balaban J connectivity index is 1.93. The van der Waals surface area contributed by atoms with Crippen LogP contribution >= 0.6 is 11.3 Å². The first kappa shape index (κ1) is 12.7. The largest absolute Gasteiger partial charge is 0.461 e. The minimum absolute atomic E-state index is 0.233. The van der Waals surface area contributed by atoms with E-state index in [-0.39, 0.29) is 12.6 Å². The van der Waals surface area contributed by atoms with Crippen LogP contribution in [0.1, 0.15) is 12.5 Å². The summed E-state index contributed by atoms with van der Waals surface area (Å²) in [7, 11) is 0. The number of thiazole rings is 1. The van der Waals surface area contributed by atoms with Crippen LogP contribution in [0, 0.1) is 0 Å². The van der Waals surface area contributed by atoms with Gasteiger partial charge in [0, 0.05) is 24.2 Å². The Bertz CT molecular complexity index is 753. The number of pyridine rings is 1. The molecule has 0 saturated heterocycles. The second-order valence-corrected chi connectivity index (χ2v) is 5.31. The van der Waals surface area contributed by atoms with Crippen molar-refractivity contribution >= 4 is 27.7 Å². The van der Waals surface area contributed by atoms with Gasteiger partial charge in [0.15, 0.2) is 0 Å². The first-order chi connectivity index (χ1) is 9.72. The van der Waals surface area contributed by atoms with Crippen LogP contribution in [0.4, 0.5) is 0 Å². The van der Waals surface area contributed by atoms with E-state index in [2.05, 4.69) is 9.97 Å². The number of carbonyl (C=O) groups excluding carboxylic acids is 1. The molecule has 3 aromatic rings. The second kappa shape index (κ2) is 5.38. The minimum atomic E-state index is -0.298. The topological polar surface area (TPSA) is 52.1 Å². The van der Waals surface area contributed by atoms with Gasteiger partial charge in [-0.15, -0.1) is 0 Å². The number of fused-ring (bicyclic) bond motifs is 1. The van der Waals surface area contributed by atoms with Gasteiger partial charge in [0.1, 0.15) is 22.0 Å². The number of rotatable bonds is 3. The van der Waals surface area contributed by atoms with E-state index in [1.807, 2.05) is 36.4 Å². The fourth-order valence-corrected chi connectivity index (χ4v) is 2.73. The van der Waals surface area contributed by atoms with Crippen molar-refractivity contribution < 1.29 is 9.53 Å².